The number of esters is 1. The molecule has 1 heterocycles. The zero-order valence-electron chi connectivity index (χ0n) is 9.74. The smallest absolute Gasteiger partial charge is 0.339 e. The summed E-state index contributed by atoms with van der Waals surface area (Å²) >= 11 is 0. The molecule has 1 aliphatic rings. The summed E-state index contributed by atoms with van der Waals surface area (Å²) in [7, 11) is 0. The molecule has 2 heteroatoms. The van der Waals surface area contributed by atoms with E-state index in [2.05, 4.69) is 6.92 Å². The first-order chi connectivity index (χ1) is 7.83. The molecule has 1 aromatic rings. The van der Waals surface area contributed by atoms with Crippen LogP contribution in [0.1, 0.15) is 61.1 Å². The van der Waals surface area contributed by atoms with E-state index in [4.69, 9.17) is 4.74 Å². The van der Waals surface area contributed by atoms with Crippen LogP contribution >= 0.6 is 0 Å². The normalized spacial score (nSPS) is 18.3. The van der Waals surface area contributed by atoms with Gasteiger partial charge in [-0.2, -0.15) is 0 Å². The van der Waals surface area contributed by atoms with E-state index in [0.717, 1.165) is 24.0 Å². The summed E-state index contributed by atoms with van der Waals surface area (Å²) < 4.78 is 5.37. The van der Waals surface area contributed by atoms with Gasteiger partial charge in [0.2, 0.25) is 0 Å². The molecule has 86 valence electrons. The first kappa shape index (κ1) is 11.2. The number of carbonyl (C=O) groups is 1. The van der Waals surface area contributed by atoms with Gasteiger partial charge in [-0.15, -0.1) is 0 Å². The highest BCUT2D eigenvalue weighted by Gasteiger charge is 2.29. The largest absolute Gasteiger partial charge is 0.454 e. The Morgan fingerprint density at radius 1 is 1.19 bits per heavy atom. The summed E-state index contributed by atoms with van der Waals surface area (Å²) in [4.78, 5) is 11.5. The molecular formula is C14H18O2. The molecule has 0 spiro atoms. The van der Waals surface area contributed by atoms with Crippen LogP contribution in [-0.2, 0) is 4.74 Å². The standard InChI is InChI=1S/C14H18O2/c1-2-3-4-5-10-13-11-8-6-7-9-12(11)14(15)16-13/h6-9,13H,2-5,10H2,1H3/t13-/m0/s1. The van der Waals surface area contributed by atoms with Crippen molar-refractivity contribution in [3.8, 4) is 0 Å². The van der Waals surface area contributed by atoms with Gasteiger partial charge < -0.3 is 4.74 Å². The van der Waals surface area contributed by atoms with E-state index in [1.165, 1.54) is 19.3 Å². The lowest BCUT2D eigenvalue weighted by Gasteiger charge is -2.09. The minimum Gasteiger partial charge on any atom is -0.454 e. The highest BCUT2D eigenvalue weighted by atomic mass is 16.5. The van der Waals surface area contributed by atoms with Gasteiger partial charge >= 0.3 is 5.97 Å². The molecule has 0 radical (unpaired) electrons. The van der Waals surface area contributed by atoms with E-state index in [1.54, 1.807) is 0 Å². The number of benzene rings is 1. The third-order valence-corrected chi connectivity index (χ3v) is 3.10. The number of fused-ring (bicyclic) bond motifs is 1. The van der Waals surface area contributed by atoms with Gasteiger partial charge in [-0.1, -0.05) is 44.4 Å². The maximum absolute atomic E-state index is 11.5. The molecule has 2 nitrogen and oxygen atoms in total. The van der Waals surface area contributed by atoms with E-state index < -0.39 is 0 Å². The maximum Gasteiger partial charge on any atom is 0.339 e. The van der Waals surface area contributed by atoms with E-state index in [0.29, 0.717) is 0 Å². The van der Waals surface area contributed by atoms with Crippen molar-refractivity contribution in [1.29, 1.82) is 0 Å². The second-order valence-electron chi connectivity index (χ2n) is 4.33. The van der Waals surface area contributed by atoms with Crippen LogP contribution in [0.15, 0.2) is 24.3 Å². The summed E-state index contributed by atoms with van der Waals surface area (Å²) in [6.07, 6.45) is 5.83. The molecule has 0 bridgehead atoms. The molecule has 0 fully saturated rings. The van der Waals surface area contributed by atoms with Gasteiger partial charge in [-0.05, 0) is 18.9 Å². The van der Waals surface area contributed by atoms with Crippen molar-refractivity contribution in [2.75, 3.05) is 0 Å². The summed E-state index contributed by atoms with van der Waals surface area (Å²) in [5, 5.41) is 0. The van der Waals surface area contributed by atoms with Gasteiger partial charge in [-0.25, -0.2) is 4.79 Å². The van der Waals surface area contributed by atoms with Gasteiger partial charge in [0.15, 0.2) is 0 Å². The lowest BCUT2D eigenvalue weighted by atomic mass is 10.0. The topological polar surface area (TPSA) is 26.3 Å². The molecular weight excluding hydrogens is 200 g/mol. The van der Waals surface area contributed by atoms with Gasteiger partial charge in [0.05, 0.1) is 5.56 Å². The summed E-state index contributed by atoms with van der Waals surface area (Å²) in [6.45, 7) is 2.20. The van der Waals surface area contributed by atoms with Crippen LogP contribution < -0.4 is 0 Å². The highest BCUT2D eigenvalue weighted by Crippen LogP contribution is 2.33. The lowest BCUT2D eigenvalue weighted by Crippen LogP contribution is -1.98. The van der Waals surface area contributed by atoms with Crippen molar-refractivity contribution >= 4 is 5.97 Å². The van der Waals surface area contributed by atoms with Gasteiger partial charge in [0, 0.05) is 5.56 Å². The molecule has 0 aromatic heterocycles. The highest BCUT2D eigenvalue weighted by molar-refractivity contribution is 5.93. The molecule has 0 saturated heterocycles. The van der Waals surface area contributed by atoms with Crippen LogP contribution in [0.5, 0.6) is 0 Å². The first-order valence-corrected chi connectivity index (χ1v) is 6.13. The summed E-state index contributed by atoms with van der Waals surface area (Å²) in [5.41, 5.74) is 1.83. The Bertz CT molecular complexity index is 371. The van der Waals surface area contributed by atoms with Crippen molar-refractivity contribution in [3.05, 3.63) is 35.4 Å². The minimum atomic E-state index is -0.156. The molecule has 0 amide bonds. The maximum atomic E-state index is 11.5. The average Bonchev–Trinajstić information content (AvgIpc) is 2.63. The van der Waals surface area contributed by atoms with Crippen molar-refractivity contribution in [1.82, 2.24) is 0 Å². The van der Waals surface area contributed by atoms with E-state index in [1.807, 2.05) is 24.3 Å². The van der Waals surface area contributed by atoms with E-state index in [-0.39, 0.29) is 12.1 Å². The van der Waals surface area contributed by atoms with Crippen molar-refractivity contribution in [2.45, 2.75) is 45.1 Å². The Morgan fingerprint density at radius 3 is 2.81 bits per heavy atom. The molecule has 16 heavy (non-hydrogen) atoms. The van der Waals surface area contributed by atoms with Gasteiger partial charge in [0.25, 0.3) is 0 Å². The number of rotatable bonds is 5. The number of cyclic esters (lactones) is 1. The molecule has 1 aromatic carbocycles. The summed E-state index contributed by atoms with van der Waals surface area (Å²) in [6, 6.07) is 7.72. The van der Waals surface area contributed by atoms with Crippen LogP contribution in [0.3, 0.4) is 0 Å². The quantitative estimate of drug-likeness (QED) is 0.554. The fourth-order valence-electron chi connectivity index (χ4n) is 2.19. The SMILES string of the molecule is CCCCCC[C@@H]1OC(=O)c2ccccc21. The molecule has 2 rings (SSSR count). The first-order valence-electron chi connectivity index (χ1n) is 6.13. The second kappa shape index (κ2) is 5.15. The van der Waals surface area contributed by atoms with Crippen LogP contribution in [-0.4, -0.2) is 5.97 Å². The molecule has 1 atom stereocenters. The van der Waals surface area contributed by atoms with Crippen molar-refractivity contribution < 1.29 is 9.53 Å². The fraction of sp³-hybridized carbons (Fsp3) is 0.500. The molecule has 0 N–H and O–H groups in total. The molecule has 0 aliphatic carbocycles. The second-order valence-corrected chi connectivity index (χ2v) is 4.33. The monoisotopic (exact) mass is 218 g/mol. The van der Waals surface area contributed by atoms with E-state index in [9.17, 15) is 4.79 Å². The fourth-order valence-corrected chi connectivity index (χ4v) is 2.19. The average molecular weight is 218 g/mol. The minimum absolute atomic E-state index is 0.000515. The number of carbonyl (C=O) groups excluding carboxylic acids is 1. The predicted molar refractivity (Wildman–Crippen MR) is 63.4 cm³/mol. The van der Waals surface area contributed by atoms with E-state index >= 15 is 0 Å². The Labute approximate surface area is 96.6 Å². The Balaban J connectivity index is 1.96. The third-order valence-electron chi connectivity index (χ3n) is 3.10. The predicted octanol–water partition coefficient (Wildman–Crippen LogP) is 3.87. The Hall–Kier alpha value is -1.31. The van der Waals surface area contributed by atoms with Gasteiger partial charge in [0.1, 0.15) is 6.10 Å². The number of hydrogen-bond donors (Lipinski definition) is 0. The number of ether oxygens (including phenoxy) is 1. The lowest BCUT2D eigenvalue weighted by molar-refractivity contribution is 0.0363. The Kier molecular flexibility index (Phi) is 3.60. The summed E-state index contributed by atoms with van der Waals surface area (Å²) in [5.74, 6) is -0.156. The molecule has 0 saturated carbocycles. The van der Waals surface area contributed by atoms with Crippen LogP contribution in [0.25, 0.3) is 0 Å². The van der Waals surface area contributed by atoms with Gasteiger partial charge in [-0.3, -0.25) is 0 Å². The zero-order valence-corrected chi connectivity index (χ0v) is 9.74. The van der Waals surface area contributed by atoms with Crippen LogP contribution in [0.4, 0.5) is 0 Å². The Morgan fingerprint density at radius 2 is 2.00 bits per heavy atom. The number of hydrogen-bond acceptors (Lipinski definition) is 2. The van der Waals surface area contributed by atoms with Crippen molar-refractivity contribution in [3.63, 3.8) is 0 Å². The zero-order chi connectivity index (χ0) is 11.4. The molecule has 0 unspecified atom stereocenters. The number of unbranched alkanes of at least 4 members (excludes halogenated alkanes) is 3. The molecule has 1 aliphatic heterocycles. The van der Waals surface area contributed by atoms with Crippen LogP contribution in [0.2, 0.25) is 0 Å². The van der Waals surface area contributed by atoms with Crippen molar-refractivity contribution in [2.24, 2.45) is 0 Å². The van der Waals surface area contributed by atoms with Crippen LogP contribution in [0, 0.1) is 0 Å². The third kappa shape index (κ3) is 2.26.